The lowest BCUT2D eigenvalue weighted by Gasteiger charge is -2.22. The Morgan fingerprint density at radius 1 is 1.46 bits per heavy atom. The van der Waals surface area contributed by atoms with E-state index in [-0.39, 0.29) is 13.0 Å². The lowest BCUT2D eigenvalue weighted by molar-refractivity contribution is -0.145. The van der Waals surface area contributed by atoms with Gasteiger partial charge in [-0.2, -0.15) is 0 Å². The number of hydrogen-bond donors (Lipinski definition) is 2. The first kappa shape index (κ1) is 15.7. The average Bonchev–Trinajstić information content (AvgIpc) is 3.00. The second-order valence-corrected chi connectivity index (χ2v) is 6.60. The van der Waals surface area contributed by atoms with Crippen LogP contribution in [0, 0.1) is 5.92 Å². The molecule has 130 valence electrons. The largest absolute Gasteiger partial charge is 0.465 e. The maximum Gasteiger partial charge on any atom is 0.323 e. The molecule has 3 N–H and O–H groups in total. The molecule has 0 aliphatic carbocycles. The minimum atomic E-state index is -0.669. The van der Waals surface area contributed by atoms with Crippen molar-refractivity contribution >= 4 is 16.9 Å². The fraction of sp³-hybridized carbons (Fsp3) is 0.526. The average molecular weight is 330 g/mol. The number of aryl methyl sites for hydroxylation is 1. The van der Waals surface area contributed by atoms with Gasteiger partial charge in [-0.1, -0.05) is 18.2 Å². The Labute approximate surface area is 144 Å². The topological polar surface area (TPSA) is 69.3 Å². The number of rotatable bonds is 6. The number of fused-ring (bicyclic) bond motifs is 1. The highest BCUT2D eigenvalue weighted by atomic mass is 16.5. The monoisotopic (exact) mass is 330 g/mol. The van der Waals surface area contributed by atoms with E-state index < -0.39 is 6.04 Å². The van der Waals surface area contributed by atoms with Gasteiger partial charge in [-0.25, -0.2) is 0 Å². The number of aromatic nitrogens is 1. The van der Waals surface area contributed by atoms with Crippen LogP contribution in [0.2, 0.25) is 0 Å². The maximum atomic E-state index is 12.2. The second kappa shape index (κ2) is 7.81. The first-order chi connectivity index (χ1) is 12.2. The molecule has 1 aromatic carbocycles. The molecule has 1 atom stereocenters. The van der Waals surface area contributed by atoms with Crippen molar-refractivity contribution in [3.05, 3.63) is 36.0 Å². The Morgan fingerprint density at radius 2 is 2.25 bits per heavy atom. The van der Waals surface area contributed by atoms with E-state index in [4.69, 9.17) is 11.8 Å². The van der Waals surface area contributed by atoms with Crippen LogP contribution >= 0.6 is 0 Å². The molecule has 2 aromatic rings. The summed E-state index contributed by atoms with van der Waals surface area (Å²) < 4.78 is 14.9. The van der Waals surface area contributed by atoms with Crippen LogP contribution < -0.4 is 11.1 Å². The SMILES string of the molecule is [2H]Cn1cc(C[C@H](N)C(=O)OCCC2CCNCC2)c2ccccc21. The van der Waals surface area contributed by atoms with Gasteiger partial charge >= 0.3 is 5.97 Å². The van der Waals surface area contributed by atoms with Crippen LogP contribution in [0.4, 0.5) is 0 Å². The number of carbonyl (C=O) groups excluding carboxylic acids is 1. The Morgan fingerprint density at radius 3 is 3.04 bits per heavy atom. The van der Waals surface area contributed by atoms with Crippen molar-refractivity contribution in [2.75, 3.05) is 19.7 Å². The number of ether oxygens (including phenoxy) is 1. The van der Waals surface area contributed by atoms with Gasteiger partial charge in [-0.05, 0) is 49.9 Å². The number of piperidine rings is 1. The number of hydrogen-bond acceptors (Lipinski definition) is 4. The Balaban J connectivity index is 1.54. The van der Waals surface area contributed by atoms with Gasteiger partial charge in [0.25, 0.3) is 0 Å². The molecule has 1 fully saturated rings. The highest BCUT2D eigenvalue weighted by molar-refractivity contribution is 5.85. The van der Waals surface area contributed by atoms with E-state index in [1.807, 2.05) is 35.0 Å². The van der Waals surface area contributed by atoms with Crippen molar-refractivity contribution in [1.82, 2.24) is 9.88 Å². The molecule has 5 nitrogen and oxygen atoms in total. The predicted octanol–water partition coefficient (Wildman–Crippen LogP) is 1.98. The minimum absolute atomic E-state index is 0.149. The van der Waals surface area contributed by atoms with Crippen molar-refractivity contribution in [2.45, 2.75) is 31.7 Å². The van der Waals surface area contributed by atoms with Crippen LogP contribution in [0.5, 0.6) is 0 Å². The molecule has 3 rings (SSSR count). The van der Waals surface area contributed by atoms with Crippen LogP contribution in [0.3, 0.4) is 0 Å². The fourth-order valence-electron chi connectivity index (χ4n) is 3.41. The molecule has 5 heteroatoms. The molecule has 0 saturated carbocycles. The number of nitrogens with one attached hydrogen (secondary N) is 1. The van der Waals surface area contributed by atoms with Gasteiger partial charge < -0.3 is 20.4 Å². The zero-order valence-corrected chi connectivity index (χ0v) is 14.0. The summed E-state index contributed by atoms with van der Waals surface area (Å²) in [6, 6.07) is 7.23. The summed E-state index contributed by atoms with van der Waals surface area (Å²) in [6.45, 7) is 2.56. The minimum Gasteiger partial charge on any atom is -0.465 e. The fourth-order valence-corrected chi connectivity index (χ4v) is 3.41. The van der Waals surface area contributed by atoms with Gasteiger partial charge in [0.15, 0.2) is 0 Å². The smallest absolute Gasteiger partial charge is 0.323 e. The Hall–Kier alpha value is -1.85. The number of nitrogens with two attached hydrogens (primary N) is 1. The normalized spacial score (nSPS) is 17.6. The van der Waals surface area contributed by atoms with E-state index in [1.165, 1.54) is 0 Å². The van der Waals surface area contributed by atoms with Crippen LogP contribution in [0.25, 0.3) is 10.9 Å². The van der Waals surface area contributed by atoms with Crippen LogP contribution in [0.1, 0.15) is 26.2 Å². The van der Waals surface area contributed by atoms with Crippen LogP contribution in [-0.4, -0.2) is 36.3 Å². The number of carbonyl (C=O) groups is 1. The molecular weight excluding hydrogens is 302 g/mol. The molecule has 1 saturated heterocycles. The van der Waals surface area contributed by atoms with E-state index in [0.29, 0.717) is 18.9 Å². The summed E-state index contributed by atoms with van der Waals surface area (Å²) in [5, 5.41) is 4.39. The Kier molecular flexibility index (Phi) is 5.10. The van der Waals surface area contributed by atoms with E-state index >= 15 is 0 Å². The molecule has 0 spiro atoms. The van der Waals surface area contributed by atoms with Crippen LogP contribution in [-0.2, 0) is 23.0 Å². The van der Waals surface area contributed by atoms with Gasteiger partial charge in [0, 0.05) is 31.9 Å². The van der Waals surface area contributed by atoms with E-state index in [2.05, 4.69) is 5.32 Å². The van der Waals surface area contributed by atoms with E-state index in [1.54, 1.807) is 0 Å². The molecule has 24 heavy (non-hydrogen) atoms. The second-order valence-electron chi connectivity index (χ2n) is 6.60. The summed E-state index contributed by atoms with van der Waals surface area (Å²) in [7, 11) is 0.149. The van der Waals surface area contributed by atoms with Gasteiger partial charge in [0.05, 0.1) is 6.61 Å². The number of nitrogens with zero attached hydrogens (tertiary/aromatic N) is 1. The quantitative estimate of drug-likeness (QED) is 0.795. The summed E-state index contributed by atoms with van der Waals surface area (Å²) in [4.78, 5) is 12.2. The molecule has 0 bridgehead atoms. The third kappa shape index (κ3) is 3.97. The molecule has 0 radical (unpaired) electrons. The number of benzene rings is 1. The van der Waals surface area contributed by atoms with Gasteiger partial charge in [0.2, 0.25) is 0 Å². The molecule has 1 aliphatic heterocycles. The molecule has 0 unspecified atom stereocenters. The van der Waals surface area contributed by atoms with Crippen LogP contribution in [0.15, 0.2) is 30.5 Å². The van der Waals surface area contributed by atoms with Crippen molar-refractivity contribution < 1.29 is 10.9 Å². The van der Waals surface area contributed by atoms with Gasteiger partial charge in [-0.3, -0.25) is 4.79 Å². The molecule has 1 aromatic heterocycles. The molecule has 2 heterocycles. The molecular formula is C19H27N3O2. The zero-order chi connectivity index (χ0) is 17.6. The van der Waals surface area contributed by atoms with Crippen molar-refractivity contribution in [1.29, 1.82) is 0 Å². The van der Waals surface area contributed by atoms with Gasteiger partial charge in [-0.15, -0.1) is 0 Å². The summed E-state index contributed by atoms with van der Waals surface area (Å²) in [5.41, 5.74) is 8.06. The predicted molar refractivity (Wildman–Crippen MR) is 95.8 cm³/mol. The summed E-state index contributed by atoms with van der Waals surface area (Å²) in [5.74, 6) is 0.303. The lowest BCUT2D eigenvalue weighted by atomic mass is 9.95. The zero-order valence-electron chi connectivity index (χ0n) is 15.0. The van der Waals surface area contributed by atoms with Crippen molar-refractivity contribution in [3.63, 3.8) is 0 Å². The van der Waals surface area contributed by atoms with Gasteiger partial charge in [0.1, 0.15) is 6.04 Å². The summed E-state index contributed by atoms with van der Waals surface area (Å²) in [6.07, 6.45) is 5.56. The first-order valence-electron chi connectivity index (χ1n) is 9.38. The lowest BCUT2D eigenvalue weighted by Crippen LogP contribution is -2.35. The first-order valence-corrected chi connectivity index (χ1v) is 8.68. The summed E-state index contributed by atoms with van der Waals surface area (Å²) >= 11 is 0. The van der Waals surface area contributed by atoms with E-state index in [0.717, 1.165) is 48.8 Å². The third-order valence-corrected chi connectivity index (χ3v) is 4.84. The van der Waals surface area contributed by atoms with E-state index in [9.17, 15) is 4.79 Å². The molecule has 0 amide bonds. The van der Waals surface area contributed by atoms with Crippen molar-refractivity contribution in [2.24, 2.45) is 18.7 Å². The standard InChI is InChI=1S/C19H27N3O2/c1-22-13-15(16-4-2-3-5-18(16)22)12-17(20)19(23)24-11-8-14-6-9-21-10-7-14/h2-5,13-14,17,21H,6-12,20H2,1H3/t17-/m0/s1/i1D. The van der Waals surface area contributed by atoms with Crippen molar-refractivity contribution in [3.8, 4) is 0 Å². The molecule has 1 aliphatic rings. The number of esters is 1. The Bertz CT molecular complexity index is 710. The maximum absolute atomic E-state index is 12.2. The number of para-hydroxylation sites is 1. The third-order valence-electron chi connectivity index (χ3n) is 4.84. The highest BCUT2D eigenvalue weighted by Gasteiger charge is 2.19. The highest BCUT2D eigenvalue weighted by Crippen LogP contribution is 2.21.